The number of methoxy groups -OCH3 is 1. The molecule has 12 heteroatoms. The van der Waals surface area contributed by atoms with Gasteiger partial charge in [-0.25, -0.2) is 15.0 Å². The molecule has 0 saturated carbocycles. The molecule has 0 aliphatic carbocycles. The lowest BCUT2D eigenvalue weighted by molar-refractivity contribution is -0.0571. The molecule has 0 aromatic carbocycles. The Balaban J connectivity index is 1.95. The molecule has 24 heavy (non-hydrogen) atoms. The molecule has 1 unspecified atom stereocenters. The van der Waals surface area contributed by atoms with Gasteiger partial charge < -0.3 is 25.2 Å². The molecule has 0 amide bonds. The Labute approximate surface area is 136 Å². The van der Waals surface area contributed by atoms with Gasteiger partial charge in [-0.15, -0.1) is 0 Å². The Morgan fingerprint density at radius 2 is 2.21 bits per heavy atom. The van der Waals surface area contributed by atoms with Crippen LogP contribution in [0.25, 0.3) is 11.2 Å². The molecule has 3 rings (SSSR count). The fraction of sp³-hybridized carbons (Fsp3) is 0.583. The van der Waals surface area contributed by atoms with Gasteiger partial charge in [0.05, 0.1) is 12.9 Å². The number of hydrogen-bond acceptors (Lipinski definition) is 9. The molecule has 4 N–H and O–H groups in total. The van der Waals surface area contributed by atoms with Crippen molar-refractivity contribution in [3.8, 4) is 0 Å². The molecular formula is C12H18N5O6P. The SMILES string of the molecule is COC[C@H]1O[C@@H](n2cnc3c(N)ncnc32)[C@H](O)[C@@H]1OP(C)(=O)O. The molecule has 5 atom stereocenters. The van der Waals surface area contributed by atoms with Gasteiger partial charge in [0.15, 0.2) is 17.7 Å². The van der Waals surface area contributed by atoms with Crippen molar-refractivity contribution in [2.75, 3.05) is 26.1 Å². The van der Waals surface area contributed by atoms with Crippen LogP contribution < -0.4 is 5.73 Å². The van der Waals surface area contributed by atoms with E-state index in [-0.39, 0.29) is 12.4 Å². The largest absolute Gasteiger partial charge is 0.386 e. The molecule has 1 aliphatic rings. The van der Waals surface area contributed by atoms with Crippen molar-refractivity contribution in [3.63, 3.8) is 0 Å². The van der Waals surface area contributed by atoms with Crippen molar-refractivity contribution >= 4 is 24.6 Å². The van der Waals surface area contributed by atoms with Crippen LogP contribution in [-0.2, 0) is 18.6 Å². The molecule has 132 valence electrons. The molecule has 2 aromatic rings. The van der Waals surface area contributed by atoms with Crippen molar-refractivity contribution in [3.05, 3.63) is 12.7 Å². The maximum Gasteiger partial charge on any atom is 0.325 e. The number of imidazole rings is 1. The standard InChI is InChI=1S/C12H18N5O6P/c1-21-3-6-9(23-24(2,19)20)8(18)12(22-6)17-5-16-7-10(13)14-4-15-11(7)17/h4-6,8-9,12,18H,3H2,1-2H3,(H,19,20)(H2,13,14,15)/t6-,8-,9-,12-/m1/s1. The van der Waals surface area contributed by atoms with E-state index in [0.29, 0.717) is 11.2 Å². The molecule has 0 bridgehead atoms. The summed E-state index contributed by atoms with van der Waals surface area (Å²) in [6.45, 7) is 1.11. The van der Waals surface area contributed by atoms with Crippen molar-refractivity contribution in [2.24, 2.45) is 0 Å². The lowest BCUT2D eigenvalue weighted by atomic mass is 10.1. The maximum absolute atomic E-state index is 11.6. The van der Waals surface area contributed by atoms with Gasteiger partial charge in [0.1, 0.15) is 30.2 Å². The Morgan fingerprint density at radius 1 is 1.46 bits per heavy atom. The summed E-state index contributed by atoms with van der Waals surface area (Å²) < 4.78 is 29.0. The first-order chi connectivity index (χ1) is 11.3. The van der Waals surface area contributed by atoms with Gasteiger partial charge in [0.2, 0.25) is 0 Å². The summed E-state index contributed by atoms with van der Waals surface area (Å²) in [5.74, 6) is 0.195. The zero-order valence-corrected chi connectivity index (χ0v) is 13.9. The van der Waals surface area contributed by atoms with Crippen molar-refractivity contribution in [1.82, 2.24) is 19.5 Å². The topological polar surface area (TPSA) is 155 Å². The minimum Gasteiger partial charge on any atom is -0.386 e. The van der Waals surface area contributed by atoms with Crippen molar-refractivity contribution in [2.45, 2.75) is 24.5 Å². The normalized spacial score (nSPS) is 29.8. The first-order valence-corrected chi connectivity index (χ1v) is 9.08. The highest BCUT2D eigenvalue weighted by atomic mass is 31.2. The second-order valence-corrected chi connectivity index (χ2v) is 7.28. The summed E-state index contributed by atoms with van der Waals surface area (Å²) in [6.07, 6.45) is -1.29. The maximum atomic E-state index is 11.6. The second-order valence-electron chi connectivity index (χ2n) is 5.47. The van der Waals surface area contributed by atoms with Crippen LogP contribution in [0.2, 0.25) is 0 Å². The monoisotopic (exact) mass is 359 g/mol. The summed E-state index contributed by atoms with van der Waals surface area (Å²) in [5.41, 5.74) is 6.48. The van der Waals surface area contributed by atoms with E-state index in [0.717, 1.165) is 6.66 Å². The number of nitrogen functional groups attached to an aromatic ring is 1. The smallest absolute Gasteiger partial charge is 0.325 e. The summed E-state index contributed by atoms with van der Waals surface area (Å²) in [4.78, 5) is 21.5. The van der Waals surface area contributed by atoms with Crippen molar-refractivity contribution in [1.29, 1.82) is 0 Å². The van der Waals surface area contributed by atoms with E-state index in [1.54, 1.807) is 0 Å². The fourth-order valence-electron chi connectivity index (χ4n) is 2.66. The van der Waals surface area contributed by atoms with Gasteiger partial charge in [-0.1, -0.05) is 0 Å². The first kappa shape index (κ1) is 17.2. The molecular weight excluding hydrogens is 341 g/mol. The summed E-state index contributed by atoms with van der Waals surface area (Å²) in [5, 5.41) is 10.5. The summed E-state index contributed by atoms with van der Waals surface area (Å²) in [6, 6.07) is 0. The number of ether oxygens (including phenoxy) is 2. The van der Waals surface area contributed by atoms with Crippen LogP contribution in [0, 0.1) is 0 Å². The highest BCUT2D eigenvalue weighted by Crippen LogP contribution is 2.44. The third kappa shape index (κ3) is 3.14. The average Bonchev–Trinajstić information content (AvgIpc) is 3.03. The van der Waals surface area contributed by atoms with Gasteiger partial charge in [-0.3, -0.25) is 13.7 Å². The number of nitrogens with two attached hydrogens (primary N) is 1. The molecule has 3 heterocycles. The van der Waals surface area contributed by atoms with Crippen LogP contribution in [0.5, 0.6) is 0 Å². The lowest BCUT2D eigenvalue weighted by Crippen LogP contribution is -2.35. The van der Waals surface area contributed by atoms with Crippen LogP contribution in [0.4, 0.5) is 5.82 Å². The molecule has 0 spiro atoms. The second kappa shape index (κ2) is 6.36. The van der Waals surface area contributed by atoms with E-state index in [4.69, 9.17) is 19.7 Å². The van der Waals surface area contributed by atoms with E-state index in [9.17, 15) is 14.6 Å². The third-order valence-corrected chi connectivity index (χ3v) is 4.25. The molecule has 1 saturated heterocycles. The molecule has 1 fully saturated rings. The zero-order chi connectivity index (χ0) is 17.5. The number of hydrogen-bond donors (Lipinski definition) is 3. The van der Waals surface area contributed by atoms with Gasteiger partial charge in [0, 0.05) is 13.8 Å². The highest BCUT2D eigenvalue weighted by molar-refractivity contribution is 7.51. The zero-order valence-electron chi connectivity index (χ0n) is 13.0. The quantitative estimate of drug-likeness (QED) is 0.596. The van der Waals surface area contributed by atoms with Crippen LogP contribution in [0.3, 0.4) is 0 Å². The van der Waals surface area contributed by atoms with Gasteiger partial charge in [-0.2, -0.15) is 0 Å². The Morgan fingerprint density at radius 3 is 2.88 bits per heavy atom. The Kier molecular flexibility index (Phi) is 4.56. The Bertz CT molecular complexity index is 778. The minimum absolute atomic E-state index is 0.0714. The number of nitrogens with zero attached hydrogens (tertiary/aromatic N) is 4. The fourth-order valence-corrected chi connectivity index (χ4v) is 3.37. The number of aliphatic hydroxyl groups excluding tert-OH is 1. The minimum atomic E-state index is -3.84. The predicted octanol–water partition coefficient (Wildman–Crippen LogP) is -0.486. The van der Waals surface area contributed by atoms with E-state index in [2.05, 4.69) is 15.0 Å². The molecule has 0 radical (unpaired) electrons. The third-order valence-electron chi connectivity index (χ3n) is 3.62. The van der Waals surface area contributed by atoms with Gasteiger partial charge in [-0.05, 0) is 0 Å². The van der Waals surface area contributed by atoms with E-state index < -0.39 is 32.1 Å². The van der Waals surface area contributed by atoms with Crippen LogP contribution >= 0.6 is 7.60 Å². The van der Waals surface area contributed by atoms with Crippen molar-refractivity contribution < 1.29 is 28.6 Å². The van der Waals surface area contributed by atoms with Crippen LogP contribution in [-0.4, -0.2) is 68.2 Å². The number of rotatable bonds is 5. The summed E-state index contributed by atoms with van der Waals surface area (Å²) in [7, 11) is -2.39. The first-order valence-electron chi connectivity index (χ1n) is 7.06. The van der Waals surface area contributed by atoms with E-state index in [1.807, 2.05) is 0 Å². The molecule has 2 aromatic heterocycles. The lowest BCUT2D eigenvalue weighted by Gasteiger charge is -2.21. The van der Waals surface area contributed by atoms with Gasteiger partial charge >= 0.3 is 7.60 Å². The van der Waals surface area contributed by atoms with Gasteiger partial charge in [0.25, 0.3) is 0 Å². The Hall–Kier alpha value is -1.62. The van der Waals surface area contributed by atoms with Crippen LogP contribution in [0.15, 0.2) is 12.7 Å². The molecule has 1 aliphatic heterocycles. The van der Waals surface area contributed by atoms with E-state index in [1.165, 1.54) is 24.3 Å². The number of anilines is 1. The number of aliphatic hydroxyl groups is 1. The summed E-state index contributed by atoms with van der Waals surface area (Å²) >= 11 is 0. The number of aromatic nitrogens is 4. The highest BCUT2D eigenvalue weighted by Gasteiger charge is 2.48. The van der Waals surface area contributed by atoms with E-state index >= 15 is 0 Å². The number of fused-ring (bicyclic) bond motifs is 1. The molecule has 11 nitrogen and oxygen atoms in total. The predicted molar refractivity (Wildman–Crippen MR) is 82.2 cm³/mol. The average molecular weight is 359 g/mol. The van der Waals surface area contributed by atoms with Crippen LogP contribution in [0.1, 0.15) is 6.23 Å².